The minimum absolute atomic E-state index is 0.00150. The fourth-order valence-corrected chi connectivity index (χ4v) is 3.96. The zero-order chi connectivity index (χ0) is 19.8. The van der Waals surface area contributed by atoms with Crippen molar-refractivity contribution in [2.45, 2.75) is 12.3 Å². The van der Waals surface area contributed by atoms with Crippen LogP contribution in [0.5, 0.6) is 0 Å². The number of carbonyl (C=O) groups is 3. The number of imide groups is 1. The third-order valence-corrected chi connectivity index (χ3v) is 5.19. The summed E-state index contributed by atoms with van der Waals surface area (Å²) < 4.78 is 30.7. The van der Waals surface area contributed by atoms with Gasteiger partial charge in [-0.05, 0) is 22.3 Å². The van der Waals surface area contributed by atoms with Crippen molar-refractivity contribution < 1.29 is 31.8 Å². The van der Waals surface area contributed by atoms with Crippen LogP contribution in [0.4, 0.5) is 0 Å². The first-order valence-corrected chi connectivity index (χ1v) is 9.61. The molecule has 0 aromatic heterocycles. The van der Waals surface area contributed by atoms with Gasteiger partial charge < -0.3 is 4.74 Å². The van der Waals surface area contributed by atoms with Crippen molar-refractivity contribution in [2.75, 3.05) is 6.61 Å². The Kier molecular flexibility index (Phi) is 4.70. The zero-order valence-electron chi connectivity index (χ0n) is 14.4. The first-order valence-electron chi connectivity index (χ1n) is 8.51. The molecule has 28 heavy (non-hydrogen) atoms. The van der Waals surface area contributed by atoms with E-state index in [2.05, 4.69) is 4.28 Å². The molecule has 1 aliphatic heterocycles. The van der Waals surface area contributed by atoms with Crippen LogP contribution in [0.2, 0.25) is 0 Å². The van der Waals surface area contributed by atoms with Gasteiger partial charge in [-0.25, -0.2) is 8.42 Å². The van der Waals surface area contributed by atoms with E-state index < -0.39 is 41.1 Å². The lowest BCUT2D eigenvalue weighted by Crippen LogP contribution is -2.33. The Morgan fingerprint density at radius 3 is 2.14 bits per heavy atom. The number of benzene rings is 2. The van der Waals surface area contributed by atoms with Gasteiger partial charge >= 0.3 is 5.97 Å². The summed E-state index contributed by atoms with van der Waals surface area (Å²) in [5.74, 6) is -4.42. The third kappa shape index (κ3) is 3.08. The molecule has 1 aliphatic carbocycles. The maximum absolute atomic E-state index is 12.4. The van der Waals surface area contributed by atoms with Crippen LogP contribution in [0.15, 0.2) is 48.5 Å². The van der Waals surface area contributed by atoms with E-state index in [4.69, 9.17) is 4.74 Å². The molecule has 0 radical (unpaired) electrons. The topological polar surface area (TPSA) is 107 Å². The Morgan fingerprint density at radius 1 is 1.00 bits per heavy atom. The number of hydroxylamine groups is 2. The van der Waals surface area contributed by atoms with Crippen LogP contribution in [0.1, 0.15) is 23.5 Å². The number of esters is 1. The molecule has 1 heterocycles. The van der Waals surface area contributed by atoms with Crippen LogP contribution >= 0.6 is 0 Å². The molecule has 0 N–H and O–H groups in total. The SMILES string of the molecule is O=C(OCC1c2ccccc2-c2ccccc21)C1CC(=O)N(O[SH](=O)=O)C1=O. The van der Waals surface area contributed by atoms with Crippen molar-refractivity contribution in [2.24, 2.45) is 5.92 Å². The highest BCUT2D eigenvalue weighted by atomic mass is 32.2. The predicted molar refractivity (Wildman–Crippen MR) is 96.0 cm³/mol. The number of thiol groups is 1. The number of carbonyl (C=O) groups excluding carboxylic acids is 3. The molecule has 0 saturated carbocycles. The lowest BCUT2D eigenvalue weighted by Gasteiger charge is -2.15. The van der Waals surface area contributed by atoms with Gasteiger partial charge in [-0.15, -0.1) is 9.35 Å². The molecule has 1 atom stereocenters. The molecule has 0 spiro atoms. The van der Waals surface area contributed by atoms with Crippen LogP contribution in [0.3, 0.4) is 0 Å². The van der Waals surface area contributed by atoms with Gasteiger partial charge in [-0.1, -0.05) is 48.5 Å². The maximum Gasteiger partial charge on any atom is 0.319 e. The van der Waals surface area contributed by atoms with Crippen LogP contribution in [0, 0.1) is 5.92 Å². The van der Waals surface area contributed by atoms with Crippen molar-refractivity contribution in [1.82, 2.24) is 5.06 Å². The molecule has 2 aliphatic rings. The van der Waals surface area contributed by atoms with E-state index in [9.17, 15) is 22.8 Å². The molecule has 8 nitrogen and oxygen atoms in total. The number of hydrogen-bond donors (Lipinski definition) is 1. The molecule has 1 fully saturated rings. The first kappa shape index (κ1) is 18.3. The molecule has 9 heteroatoms. The molecular formula is C19H15NO7S. The van der Waals surface area contributed by atoms with Gasteiger partial charge in [0.1, 0.15) is 12.5 Å². The van der Waals surface area contributed by atoms with Gasteiger partial charge in [0.25, 0.3) is 22.8 Å². The molecule has 2 aromatic carbocycles. The van der Waals surface area contributed by atoms with Gasteiger partial charge in [0, 0.05) is 5.92 Å². The Hall–Kier alpha value is -3.04. The molecule has 1 unspecified atom stereocenters. The maximum atomic E-state index is 12.4. The second-order valence-corrected chi connectivity index (χ2v) is 7.06. The van der Waals surface area contributed by atoms with Crippen molar-refractivity contribution in [1.29, 1.82) is 0 Å². The van der Waals surface area contributed by atoms with Crippen LogP contribution in [-0.2, 0) is 34.4 Å². The van der Waals surface area contributed by atoms with E-state index in [0.717, 1.165) is 22.3 Å². The van der Waals surface area contributed by atoms with Crippen molar-refractivity contribution >= 4 is 28.8 Å². The summed E-state index contributed by atoms with van der Waals surface area (Å²) in [6.07, 6.45) is -0.487. The lowest BCUT2D eigenvalue weighted by molar-refractivity contribution is -0.166. The summed E-state index contributed by atoms with van der Waals surface area (Å²) in [6, 6.07) is 15.6. The summed E-state index contributed by atoms with van der Waals surface area (Å²) in [5, 5.41) is 0.0950. The zero-order valence-corrected chi connectivity index (χ0v) is 15.3. The number of hydrogen-bond acceptors (Lipinski definition) is 7. The summed E-state index contributed by atoms with van der Waals surface area (Å²) in [5.41, 5.74) is 4.15. The first-order chi connectivity index (χ1) is 13.5. The van der Waals surface area contributed by atoms with Crippen molar-refractivity contribution in [3.8, 4) is 11.1 Å². The van der Waals surface area contributed by atoms with Gasteiger partial charge in [-0.3, -0.25) is 14.4 Å². The molecule has 1 saturated heterocycles. The highest BCUT2D eigenvalue weighted by Crippen LogP contribution is 2.44. The smallest absolute Gasteiger partial charge is 0.319 e. The quantitative estimate of drug-likeness (QED) is 0.347. The third-order valence-electron chi connectivity index (χ3n) is 4.89. The number of amides is 2. The largest absolute Gasteiger partial charge is 0.464 e. The normalized spacial score (nSPS) is 18.5. The van der Waals surface area contributed by atoms with E-state index >= 15 is 0 Å². The van der Waals surface area contributed by atoms with E-state index in [1.807, 2.05) is 48.5 Å². The molecule has 2 amide bonds. The highest BCUT2D eigenvalue weighted by Gasteiger charge is 2.46. The fraction of sp³-hybridized carbons (Fsp3) is 0.211. The number of nitrogens with zero attached hydrogens (tertiary/aromatic N) is 1. The van der Waals surface area contributed by atoms with Crippen molar-refractivity contribution in [3.05, 3.63) is 59.7 Å². The summed E-state index contributed by atoms with van der Waals surface area (Å²) >= 11 is 0. The summed E-state index contributed by atoms with van der Waals surface area (Å²) in [4.78, 5) is 36.2. The number of rotatable bonds is 5. The minimum Gasteiger partial charge on any atom is -0.464 e. The van der Waals surface area contributed by atoms with Gasteiger partial charge in [-0.2, -0.15) is 0 Å². The lowest BCUT2D eigenvalue weighted by atomic mass is 9.98. The summed E-state index contributed by atoms with van der Waals surface area (Å²) in [7, 11) is -3.44. The number of ether oxygens (including phenoxy) is 1. The second-order valence-electron chi connectivity index (χ2n) is 6.45. The monoisotopic (exact) mass is 401 g/mol. The Labute approximate surface area is 161 Å². The Bertz CT molecular complexity index is 1010. The van der Waals surface area contributed by atoms with Crippen LogP contribution in [-0.4, -0.2) is 37.9 Å². The molecular weight excluding hydrogens is 386 g/mol. The van der Waals surface area contributed by atoms with Gasteiger partial charge in [0.15, 0.2) is 0 Å². The minimum atomic E-state index is -3.44. The molecule has 2 aromatic rings. The Balaban J connectivity index is 1.50. The standard InChI is InChI=1S/C19H15NO7S/c21-17-9-15(18(22)20(17)27-28(24)25)19(23)26-10-16-13-7-3-1-5-11(13)12-6-2-4-8-14(12)16/h1-8,15-16,28H,9-10H2. The fourth-order valence-electron chi connectivity index (χ4n) is 3.65. The predicted octanol–water partition coefficient (Wildman–Crippen LogP) is 1.18. The van der Waals surface area contributed by atoms with Crippen LogP contribution in [0.25, 0.3) is 11.1 Å². The van der Waals surface area contributed by atoms with E-state index in [0.29, 0.717) is 0 Å². The Morgan fingerprint density at radius 2 is 1.57 bits per heavy atom. The average Bonchev–Trinajstić information content (AvgIpc) is 3.15. The molecule has 144 valence electrons. The van der Waals surface area contributed by atoms with E-state index in [1.165, 1.54) is 0 Å². The average molecular weight is 401 g/mol. The molecule has 0 bridgehead atoms. The molecule has 4 rings (SSSR count). The highest BCUT2D eigenvalue weighted by molar-refractivity contribution is 7.67. The van der Waals surface area contributed by atoms with E-state index in [-0.39, 0.29) is 17.6 Å². The number of fused-ring (bicyclic) bond motifs is 3. The van der Waals surface area contributed by atoms with Crippen molar-refractivity contribution in [3.63, 3.8) is 0 Å². The van der Waals surface area contributed by atoms with Crippen LogP contribution < -0.4 is 0 Å². The van der Waals surface area contributed by atoms with Gasteiger partial charge in [0.2, 0.25) is 0 Å². The van der Waals surface area contributed by atoms with E-state index in [1.54, 1.807) is 0 Å². The second kappa shape index (κ2) is 7.17. The van der Waals surface area contributed by atoms with Gasteiger partial charge in [0.05, 0.1) is 6.42 Å². The summed E-state index contributed by atoms with van der Waals surface area (Å²) in [6.45, 7) is 0.00150.